The molecule has 3 heteroatoms. The molecule has 2 N–H and O–H groups in total. The van der Waals surface area contributed by atoms with E-state index in [9.17, 15) is 4.79 Å². The fourth-order valence-corrected chi connectivity index (χ4v) is 3.22. The fourth-order valence-electron chi connectivity index (χ4n) is 3.22. The molecule has 0 bridgehead atoms. The van der Waals surface area contributed by atoms with E-state index in [0.29, 0.717) is 0 Å². The quantitative estimate of drug-likeness (QED) is 0.749. The fraction of sp³-hybridized carbons (Fsp3) is 0.462. The molecular formula is C13H16N2O. The number of benzene rings is 1. The van der Waals surface area contributed by atoms with Gasteiger partial charge in [0.2, 0.25) is 5.91 Å². The first kappa shape index (κ1) is 9.85. The van der Waals surface area contributed by atoms with Gasteiger partial charge in [-0.15, -0.1) is 0 Å². The molecule has 1 spiro atoms. The Hall–Kier alpha value is -1.35. The van der Waals surface area contributed by atoms with Crippen LogP contribution in [0, 0.1) is 0 Å². The zero-order valence-electron chi connectivity index (χ0n) is 9.42. The van der Waals surface area contributed by atoms with Gasteiger partial charge in [-0.1, -0.05) is 25.1 Å². The number of carbonyl (C=O) groups excluding carboxylic acids is 1. The second-order valence-corrected chi connectivity index (χ2v) is 4.64. The van der Waals surface area contributed by atoms with Gasteiger partial charge in [0.05, 0.1) is 5.41 Å². The van der Waals surface area contributed by atoms with Gasteiger partial charge in [0.1, 0.15) is 0 Å². The molecule has 84 valence electrons. The molecular weight excluding hydrogens is 200 g/mol. The highest BCUT2D eigenvalue weighted by Gasteiger charge is 2.53. The van der Waals surface area contributed by atoms with E-state index in [1.54, 1.807) is 0 Å². The van der Waals surface area contributed by atoms with Crippen LogP contribution in [0.5, 0.6) is 0 Å². The molecule has 1 aromatic carbocycles. The van der Waals surface area contributed by atoms with Crippen LogP contribution in [0.1, 0.15) is 25.3 Å². The van der Waals surface area contributed by atoms with E-state index in [4.69, 9.17) is 0 Å². The minimum atomic E-state index is -0.314. The largest absolute Gasteiger partial charge is 0.325 e. The van der Waals surface area contributed by atoms with Crippen molar-refractivity contribution >= 4 is 11.6 Å². The Labute approximate surface area is 95.2 Å². The van der Waals surface area contributed by atoms with Crippen molar-refractivity contribution in [3.63, 3.8) is 0 Å². The van der Waals surface area contributed by atoms with Crippen LogP contribution in [0.4, 0.5) is 5.69 Å². The summed E-state index contributed by atoms with van der Waals surface area (Å²) >= 11 is 0. The van der Waals surface area contributed by atoms with Gasteiger partial charge in [-0.05, 0) is 31.0 Å². The van der Waals surface area contributed by atoms with Crippen LogP contribution in [0.25, 0.3) is 0 Å². The second-order valence-electron chi connectivity index (χ2n) is 4.64. The van der Waals surface area contributed by atoms with E-state index in [2.05, 4.69) is 23.6 Å². The van der Waals surface area contributed by atoms with Crippen molar-refractivity contribution in [2.75, 3.05) is 11.9 Å². The van der Waals surface area contributed by atoms with Crippen LogP contribution in [0.15, 0.2) is 24.3 Å². The highest BCUT2D eigenvalue weighted by Crippen LogP contribution is 2.45. The summed E-state index contributed by atoms with van der Waals surface area (Å²) in [6, 6.07) is 8.35. The lowest BCUT2D eigenvalue weighted by Crippen LogP contribution is -2.45. The number of fused-ring (bicyclic) bond motifs is 2. The summed E-state index contributed by atoms with van der Waals surface area (Å²) in [7, 11) is 0. The maximum absolute atomic E-state index is 12.3. The predicted molar refractivity (Wildman–Crippen MR) is 63.4 cm³/mol. The zero-order chi connectivity index (χ0) is 11.2. The molecule has 1 amide bonds. The Morgan fingerprint density at radius 3 is 3.06 bits per heavy atom. The first-order valence-electron chi connectivity index (χ1n) is 5.93. The van der Waals surface area contributed by atoms with Gasteiger partial charge in [-0.25, -0.2) is 0 Å². The summed E-state index contributed by atoms with van der Waals surface area (Å²) in [4.78, 5) is 12.3. The van der Waals surface area contributed by atoms with E-state index in [0.717, 1.165) is 25.1 Å². The number of hydrogen-bond donors (Lipinski definition) is 2. The predicted octanol–water partition coefficient (Wildman–Crippen LogP) is 1.65. The third kappa shape index (κ3) is 1.04. The monoisotopic (exact) mass is 216 g/mol. The summed E-state index contributed by atoms with van der Waals surface area (Å²) in [5, 5.41) is 6.47. The van der Waals surface area contributed by atoms with Gasteiger partial charge in [-0.2, -0.15) is 0 Å². The van der Waals surface area contributed by atoms with E-state index in [1.807, 2.05) is 18.2 Å². The van der Waals surface area contributed by atoms with Crippen molar-refractivity contribution < 1.29 is 4.79 Å². The molecule has 3 rings (SSSR count). The van der Waals surface area contributed by atoms with E-state index in [1.165, 1.54) is 5.56 Å². The molecule has 2 atom stereocenters. The van der Waals surface area contributed by atoms with Crippen molar-refractivity contribution in [2.45, 2.75) is 31.2 Å². The van der Waals surface area contributed by atoms with Gasteiger partial charge in [0.25, 0.3) is 0 Å². The van der Waals surface area contributed by atoms with E-state index < -0.39 is 0 Å². The molecule has 0 aliphatic carbocycles. The minimum absolute atomic E-state index is 0.172. The van der Waals surface area contributed by atoms with Crippen LogP contribution < -0.4 is 10.6 Å². The molecule has 3 nitrogen and oxygen atoms in total. The summed E-state index contributed by atoms with van der Waals surface area (Å²) in [6.07, 6.45) is 1.90. The Bertz CT molecular complexity index is 443. The smallest absolute Gasteiger partial charge is 0.236 e. The Balaban J connectivity index is 2.17. The summed E-state index contributed by atoms with van der Waals surface area (Å²) in [5.74, 6) is 0.172. The number of anilines is 1. The van der Waals surface area contributed by atoms with Gasteiger partial charge < -0.3 is 10.6 Å². The number of carbonyl (C=O) groups is 1. The Morgan fingerprint density at radius 1 is 1.44 bits per heavy atom. The molecule has 0 unspecified atom stereocenters. The molecule has 16 heavy (non-hydrogen) atoms. The van der Waals surface area contributed by atoms with E-state index in [-0.39, 0.29) is 17.4 Å². The summed E-state index contributed by atoms with van der Waals surface area (Å²) in [6.45, 7) is 3.07. The number of rotatable bonds is 1. The van der Waals surface area contributed by atoms with Crippen molar-refractivity contribution in [1.82, 2.24) is 5.32 Å². The number of hydrogen-bond acceptors (Lipinski definition) is 2. The average Bonchev–Trinajstić information content (AvgIpc) is 2.85. The lowest BCUT2D eigenvalue weighted by molar-refractivity contribution is -0.121. The molecule has 0 saturated carbocycles. The molecule has 1 aromatic rings. The van der Waals surface area contributed by atoms with Crippen LogP contribution in [-0.4, -0.2) is 18.5 Å². The van der Waals surface area contributed by atoms with Gasteiger partial charge in [0, 0.05) is 11.7 Å². The maximum atomic E-state index is 12.3. The van der Waals surface area contributed by atoms with Crippen molar-refractivity contribution in [3.05, 3.63) is 29.8 Å². The van der Waals surface area contributed by atoms with Crippen molar-refractivity contribution in [2.24, 2.45) is 0 Å². The summed E-state index contributed by atoms with van der Waals surface area (Å²) < 4.78 is 0. The maximum Gasteiger partial charge on any atom is 0.236 e. The lowest BCUT2D eigenvalue weighted by Gasteiger charge is -2.28. The Kier molecular flexibility index (Phi) is 2.04. The minimum Gasteiger partial charge on any atom is -0.325 e. The third-order valence-corrected chi connectivity index (χ3v) is 3.97. The zero-order valence-corrected chi connectivity index (χ0v) is 9.42. The van der Waals surface area contributed by atoms with Crippen LogP contribution in [0.2, 0.25) is 0 Å². The topological polar surface area (TPSA) is 41.1 Å². The molecule has 2 aliphatic rings. The van der Waals surface area contributed by atoms with Crippen molar-refractivity contribution in [1.29, 1.82) is 0 Å². The summed E-state index contributed by atoms with van der Waals surface area (Å²) in [5.41, 5.74) is 1.86. The molecule has 0 radical (unpaired) electrons. The van der Waals surface area contributed by atoms with Crippen molar-refractivity contribution in [3.8, 4) is 0 Å². The molecule has 2 heterocycles. The average molecular weight is 216 g/mol. The number of amides is 1. The van der Waals surface area contributed by atoms with Gasteiger partial charge in [0.15, 0.2) is 0 Å². The first-order valence-corrected chi connectivity index (χ1v) is 5.93. The normalized spacial score (nSPS) is 31.8. The van der Waals surface area contributed by atoms with Crippen LogP contribution in [0.3, 0.4) is 0 Å². The molecule has 0 aromatic heterocycles. The third-order valence-electron chi connectivity index (χ3n) is 3.97. The van der Waals surface area contributed by atoms with E-state index >= 15 is 0 Å². The molecule has 1 fully saturated rings. The molecule has 1 saturated heterocycles. The number of para-hydroxylation sites is 1. The standard InChI is InChI=1S/C13H16N2O/c1-2-11-13(7-8-14-11)9-5-3-4-6-10(9)15-12(13)16/h3-6,11,14H,2,7-8H2,1H3,(H,15,16)/t11-,13+/m0/s1. The lowest BCUT2D eigenvalue weighted by atomic mass is 9.74. The van der Waals surface area contributed by atoms with Gasteiger partial charge in [-0.3, -0.25) is 4.79 Å². The highest BCUT2D eigenvalue weighted by atomic mass is 16.2. The van der Waals surface area contributed by atoms with Gasteiger partial charge >= 0.3 is 0 Å². The van der Waals surface area contributed by atoms with Crippen LogP contribution >= 0.6 is 0 Å². The number of nitrogens with one attached hydrogen (secondary N) is 2. The highest BCUT2D eigenvalue weighted by molar-refractivity contribution is 6.07. The Morgan fingerprint density at radius 2 is 2.25 bits per heavy atom. The van der Waals surface area contributed by atoms with Crippen LogP contribution in [-0.2, 0) is 10.2 Å². The SMILES string of the molecule is CC[C@@H]1NCC[C@]12C(=O)Nc1ccccc12. The molecule has 2 aliphatic heterocycles. The first-order chi connectivity index (χ1) is 7.79. The second kappa shape index (κ2) is 3.32.